The molecule has 0 saturated carbocycles. The van der Waals surface area contributed by atoms with Crippen molar-refractivity contribution in [3.8, 4) is 0 Å². The Morgan fingerprint density at radius 2 is 2.19 bits per heavy atom. The fraction of sp³-hybridized carbons (Fsp3) is 0.222. The van der Waals surface area contributed by atoms with Gasteiger partial charge in [-0.15, -0.1) is 11.3 Å². The van der Waals surface area contributed by atoms with E-state index in [0.29, 0.717) is 16.0 Å². The number of imidazole rings is 1. The van der Waals surface area contributed by atoms with Crippen LogP contribution < -0.4 is 10.9 Å². The molecule has 3 aromatic heterocycles. The molecule has 1 aromatic carbocycles. The number of hydrogen-bond acceptors (Lipinski definition) is 5. The molecule has 3 heterocycles. The molecule has 4 aromatic rings. The van der Waals surface area contributed by atoms with Gasteiger partial charge in [0.15, 0.2) is 0 Å². The summed E-state index contributed by atoms with van der Waals surface area (Å²) in [5.41, 5.74) is 1.69. The van der Waals surface area contributed by atoms with Gasteiger partial charge < -0.3 is 10.3 Å². The molecule has 0 spiro atoms. The topological polar surface area (TPSA) is 92.7 Å². The van der Waals surface area contributed by atoms with Gasteiger partial charge in [-0.1, -0.05) is 12.1 Å². The average molecular weight is 367 g/mol. The Morgan fingerprint density at radius 3 is 3.04 bits per heavy atom. The quantitative estimate of drug-likeness (QED) is 0.567. The monoisotopic (exact) mass is 367 g/mol. The molecule has 1 amide bonds. The molecule has 4 rings (SSSR count). The number of aromatic amines is 1. The molecule has 132 valence electrons. The average Bonchev–Trinajstić information content (AvgIpc) is 3.28. The molecule has 0 aliphatic heterocycles. The summed E-state index contributed by atoms with van der Waals surface area (Å²) < 4.78 is 1.47. The normalized spacial score (nSPS) is 12.5. The Kier molecular flexibility index (Phi) is 4.26. The van der Waals surface area contributed by atoms with Gasteiger partial charge in [0.25, 0.3) is 5.56 Å². The van der Waals surface area contributed by atoms with Crippen LogP contribution in [0.1, 0.15) is 25.2 Å². The number of nitrogens with zero attached hydrogens (tertiary/aromatic N) is 3. The van der Waals surface area contributed by atoms with Crippen LogP contribution in [0, 0.1) is 0 Å². The number of para-hydroxylation sites is 2. The summed E-state index contributed by atoms with van der Waals surface area (Å²) in [5, 5.41) is 5.34. The molecule has 2 N–H and O–H groups in total. The van der Waals surface area contributed by atoms with Gasteiger partial charge in [0.2, 0.25) is 5.91 Å². The Bertz CT molecular complexity index is 1110. The van der Waals surface area contributed by atoms with Crippen LogP contribution in [0.3, 0.4) is 0 Å². The minimum atomic E-state index is -0.246. The van der Waals surface area contributed by atoms with Crippen LogP contribution in [-0.4, -0.2) is 25.4 Å². The maximum atomic E-state index is 12.3. The number of hydrogen-bond donors (Lipinski definition) is 2. The number of aromatic nitrogens is 4. The molecule has 0 aliphatic carbocycles. The third-order valence-corrected chi connectivity index (χ3v) is 5.05. The summed E-state index contributed by atoms with van der Waals surface area (Å²) in [7, 11) is 0. The molecule has 0 radical (unpaired) electrons. The molecule has 0 bridgehead atoms. The van der Waals surface area contributed by atoms with Gasteiger partial charge in [0, 0.05) is 13.0 Å². The van der Waals surface area contributed by atoms with E-state index >= 15 is 0 Å². The van der Waals surface area contributed by atoms with Crippen molar-refractivity contribution in [2.75, 3.05) is 0 Å². The van der Waals surface area contributed by atoms with E-state index < -0.39 is 0 Å². The molecular formula is C18H17N5O2S. The first kappa shape index (κ1) is 16.5. The lowest BCUT2D eigenvalue weighted by Gasteiger charge is -2.12. The number of H-pyrrole nitrogens is 1. The number of carbonyl (C=O) groups excluding carboxylic acids is 1. The third kappa shape index (κ3) is 3.11. The van der Waals surface area contributed by atoms with Gasteiger partial charge in [0.1, 0.15) is 10.7 Å². The number of benzene rings is 1. The van der Waals surface area contributed by atoms with Crippen molar-refractivity contribution in [3.05, 3.63) is 58.2 Å². The summed E-state index contributed by atoms with van der Waals surface area (Å²) in [6, 6.07) is 9.24. The van der Waals surface area contributed by atoms with Gasteiger partial charge >= 0.3 is 0 Å². The SMILES string of the molecule is CC(NC(=O)CCn1cnc2sccc2c1=O)c1nc2ccccc2[nH]1. The van der Waals surface area contributed by atoms with E-state index in [0.717, 1.165) is 11.0 Å². The highest BCUT2D eigenvalue weighted by atomic mass is 32.1. The van der Waals surface area contributed by atoms with E-state index in [-0.39, 0.29) is 30.5 Å². The van der Waals surface area contributed by atoms with Crippen molar-refractivity contribution < 1.29 is 4.79 Å². The highest BCUT2D eigenvalue weighted by molar-refractivity contribution is 7.16. The Balaban J connectivity index is 1.41. The molecule has 26 heavy (non-hydrogen) atoms. The van der Waals surface area contributed by atoms with Gasteiger partial charge in [-0.2, -0.15) is 0 Å². The fourth-order valence-electron chi connectivity index (χ4n) is 2.83. The van der Waals surface area contributed by atoms with E-state index in [4.69, 9.17) is 0 Å². The lowest BCUT2D eigenvalue weighted by Crippen LogP contribution is -2.29. The molecule has 1 unspecified atom stereocenters. The first-order chi connectivity index (χ1) is 12.6. The first-order valence-electron chi connectivity index (χ1n) is 8.28. The highest BCUT2D eigenvalue weighted by Crippen LogP contribution is 2.16. The lowest BCUT2D eigenvalue weighted by molar-refractivity contribution is -0.122. The second-order valence-electron chi connectivity index (χ2n) is 6.06. The molecule has 7 nitrogen and oxygen atoms in total. The molecule has 0 aliphatic rings. The van der Waals surface area contributed by atoms with Gasteiger partial charge in [0.05, 0.1) is 28.8 Å². The fourth-order valence-corrected chi connectivity index (χ4v) is 3.56. The summed E-state index contributed by atoms with van der Waals surface area (Å²) in [5.74, 6) is 0.563. The second kappa shape index (κ2) is 6.72. The number of rotatable bonds is 5. The van der Waals surface area contributed by atoms with Crippen molar-refractivity contribution in [1.82, 2.24) is 24.8 Å². The molecule has 1 atom stereocenters. The number of nitrogens with one attached hydrogen (secondary N) is 2. The zero-order chi connectivity index (χ0) is 18.1. The number of amides is 1. The molecule has 8 heteroatoms. The largest absolute Gasteiger partial charge is 0.346 e. The maximum Gasteiger partial charge on any atom is 0.262 e. The van der Waals surface area contributed by atoms with Crippen molar-refractivity contribution in [3.63, 3.8) is 0 Å². The van der Waals surface area contributed by atoms with Crippen LogP contribution in [0.4, 0.5) is 0 Å². The molecule has 0 saturated heterocycles. The van der Waals surface area contributed by atoms with Gasteiger partial charge in [-0.05, 0) is 30.5 Å². The Morgan fingerprint density at radius 1 is 1.35 bits per heavy atom. The smallest absolute Gasteiger partial charge is 0.262 e. The van der Waals surface area contributed by atoms with E-state index in [9.17, 15) is 9.59 Å². The summed E-state index contributed by atoms with van der Waals surface area (Å²) >= 11 is 1.43. The number of fused-ring (bicyclic) bond motifs is 2. The second-order valence-corrected chi connectivity index (χ2v) is 6.96. The minimum Gasteiger partial charge on any atom is -0.346 e. The van der Waals surface area contributed by atoms with Crippen LogP contribution in [0.25, 0.3) is 21.3 Å². The van der Waals surface area contributed by atoms with Crippen molar-refractivity contribution in [1.29, 1.82) is 0 Å². The van der Waals surface area contributed by atoms with Crippen LogP contribution in [-0.2, 0) is 11.3 Å². The van der Waals surface area contributed by atoms with Crippen LogP contribution >= 0.6 is 11.3 Å². The predicted octanol–water partition coefficient (Wildman–Crippen LogP) is 2.60. The standard InChI is InChI=1S/C18H17N5O2S/c1-11(16-21-13-4-2-3-5-14(13)22-16)20-15(24)6-8-23-10-19-17-12(18(23)25)7-9-26-17/h2-5,7,9-11H,6,8H2,1H3,(H,20,24)(H,21,22). The van der Waals surface area contributed by atoms with E-state index in [1.807, 2.05) is 36.6 Å². The lowest BCUT2D eigenvalue weighted by atomic mass is 10.3. The van der Waals surface area contributed by atoms with E-state index in [1.165, 1.54) is 22.2 Å². The van der Waals surface area contributed by atoms with E-state index in [1.54, 1.807) is 6.07 Å². The number of aryl methyl sites for hydroxylation is 1. The zero-order valence-electron chi connectivity index (χ0n) is 14.1. The number of thiophene rings is 1. The van der Waals surface area contributed by atoms with E-state index in [2.05, 4.69) is 20.3 Å². The molecular weight excluding hydrogens is 350 g/mol. The van der Waals surface area contributed by atoms with Crippen molar-refractivity contribution >= 4 is 38.5 Å². The van der Waals surface area contributed by atoms with Crippen molar-refractivity contribution in [2.24, 2.45) is 0 Å². The van der Waals surface area contributed by atoms with Gasteiger partial charge in [-0.3, -0.25) is 14.2 Å². The summed E-state index contributed by atoms with van der Waals surface area (Å²) in [6.07, 6.45) is 1.69. The van der Waals surface area contributed by atoms with Crippen molar-refractivity contribution in [2.45, 2.75) is 25.9 Å². The van der Waals surface area contributed by atoms with Crippen LogP contribution in [0.15, 0.2) is 46.8 Å². The molecule has 0 fully saturated rings. The van der Waals surface area contributed by atoms with Crippen LogP contribution in [0.5, 0.6) is 0 Å². The number of carbonyl (C=O) groups is 1. The predicted molar refractivity (Wildman–Crippen MR) is 101 cm³/mol. The Labute approximate surface area is 152 Å². The van der Waals surface area contributed by atoms with Gasteiger partial charge in [-0.25, -0.2) is 9.97 Å². The Hall–Kier alpha value is -3.00. The minimum absolute atomic E-state index is 0.116. The highest BCUT2D eigenvalue weighted by Gasteiger charge is 2.14. The van der Waals surface area contributed by atoms with Crippen LogP contribution in [0.2, 0.25) is 0 Å². The first-order valence-corrected chi connectivity index (χ1v) is 9.16. The zero-order valence-corrected chi connectivity index (χ0v) is 14.9. The third-order valence-electron chi connectivity index (χ3n) is 4.23. The summed E-state index contributed by atoms with van der Waals surface area (Å²) in [6.45, 7) is 2.16. The maximum absolute atomic E-state index is 12.3. The summed E-state index contributed by atoms with van der Waals surface area (Å²) in [4.78, 5) is 37.2.